The molecular formula is C14H20Cl2N2O. The molecule has 0 aromatic heterocycles. The Morgan fingerprint density at radius 1 is 1.32 bits per heavy atom. The minimum Gasteiger partial charge on any atom is -0.506 e. The third kappa shape index (κ3) is 3.34. The SMILES string of the molecule is CC1CN(Cc2cc(Cl)cc(Cl)c2O)CC1N(C)C. The first-order valence-electron chi connectivity index (χ1n) is 6.44. The van der Waals surface area contributed by atoms with Crippen LogP contribution in [0.15, 0.2) is 12.1 Å². The first-order valence-corrected chi connectivity index (χ1v) is 7.19. The first-order chi connectivity index (χ1) is 8.88. The fourth-order valence-electron chi connectivity index (χ4n) is 2.83. The highest BCUT2D eigenvalue weighted by molar-refractivity contribution is 6.35. The Bertz CT molecular complexity index is 465. The summed E-state index contributed by atoms with van der Waals surface area (Å²) in [5, 5.41) is 10.9. The van der Waals surface area contributed by atoms with Crippen LogP contribution in [0.25, 0.3) is 0 Å². The van der Waals surface area contributed by atoms with E-state index in [1.54, 1.807) is 12.1 Å². The quantitative estimate of drug-likeness (QED) is 0.929. The van der Waals surface area contributed by atoms with E-state index in [0.29, 0.717) is 28.5 Å². The van der Waals surface area contributed by atoms with Crippen molar-refractivity contribution in [2.45, 2.75) is 19.5 Å². The number of hydrogen-bond donors (Lipinski definition) is 1. The van der Waals surface area contributed by atoms with Crippen LogP contribution in [0.5, 0.6) is 5.75 Å². The maximum absolute atomic E-state index is 10.00. The van der Waals surface area contributed by atoms with E-state index in [1.165, 1.54) is 0 Å². The third-order valence-corrected chi connectivity index (χ3v) is 4.32. The van der Waals surface area contributed by atoms with Gasteiger partial charge in [-0.3, -0.25) is 4.90 Å². The fraction of sp³-hybridized carbons (Fsp3) is 0.571. The van der Waals surface area contributed by atoms with Gasteiger partial charge in [-0.25, -0.2) is 0 Å². The molecule has 1 heterocycles. The molecule has 1 aromatic rings. The number of halogens is 2. The molecule has 0 radical (unpaired) electrons. The van der Waals surface area contributed by atoms with E-state index >= 15 is 0 Å². The van der Waals surface area contributed by atoms with Crippen molar-refractivity contribution >= 4 is 23.2 Å². The Morgan fingerprint density at radius 3 is 2.58 bits per heavy atom. The largest absolute Gasteiger partial charge is 0.506 e. The van der Waals surface area contributed by atoms with Gasteiger partial charge in [0.2, 0.25) is 0 Å². The lowest BCUT2D eigenvalue weighted by molar-refractivity contribution is 0.249. The van der Waals surface area contributed by atoms with E-state index in [-0.39, 0.29) is 5.75 Å². The molecule has 0 bridgehead atoms. The maximum atomic E-state index is 10.00. The van der Waals surface area contributed by atoms with E-state index in [1.807, 2.05) is 0 Å². The highest BCUT2D eigenvalue weighted by Crippen LogP contribution is 2.33. The summed E-state index contributed by atoms with van der Waals surface area (Å²) in [5.41, 5.74) is 0.795. The number of phenols is 1. The highest BCUT2D eigenvalue weighted by atomic mass is 35.5. The summed E-state index contributed by atoms with van der Waals surface area (Å²) in [6.45, 7) is 4.96. The van der Waals surface area contributed by atoms with Crippen LogP contribution < -0.4 is 0 Å². The number of phenolic OH excluding ortho intramolecular Hbond substituents is 1. The molecule has 2 unspecified atom stereocenters. The number of hydrogen-bond acceptors (Lipinski definition) is 3. The van der Waals surface area contributed by atoms with Crippen LogP contribution in [-0.4, -0.2) is 48.1 Å². The third-order valence-electron chi connectivity index (χ3n) is 3.81. The predicted octanol–water partition coefficient (Wildman–Crippen LogP) is 3.08. The number of nitrogens with zero attached hydrogens (tertiary/aromatic N) is 2. The molecule has 2 atom stereocenters. The van der Waals surface area contributed by atoms with Crippen LogP contribution >= 0.6 is 23.2 Å². The summed E-state index contributed by atoms with van der Waals surface area (Å²) in [5.74, 6) is 0.763. The van der Waals surface area contributed by atoms with Gasteiger partial charge in [0.05, 0.1) is 5.02 Å². The van der Waals surface area contributed by atoms with Gasteiger partial charge in [0.25, 0.3) is 0 Å². The Balaban J connectivity index is 2.11. The summed E-state index contributed by atoms with van der Waals surface area (Å²) in [7, 11) is 4.22. The number of benzene rings is 1. The standard InChI is InChI=1S/C14H20Cl2N2O/c1-9-6-18(8-13(9)17(2)3)7-10-4-11(15)5-12(16)14(10)19/h4-5,9,13,19H,6-8H2,1-3H3. The maximum Gasteiger partial charge on any atom is 0.138 e. The van der Waals surface area contributed by atoms with E-state index < -0.39 is 0 Å². The molecule has 1 aliphatic heterocycles. The van der Waals surface area contributed by atoms with Gasteiger partial charge in [-0.05, 0) is 32.1 Å². The molecule has 1 aromatic carbocycles. The van der Waals surface area contributed by atoms with Gasteiger partial charge in [0.15, 0.2) is 0 Å². The summed E-state index contributed by atoms with van der Waals surface area (Å²) in [6, 6.07) is 3.91. The molecule has 2 rings (SSSR count). The van der Waals surface area contributed by atoms with Crippen LogP contribution in [0.4, 0.5) is 0 Å². The van der Waals surface area contributed by atoms with Gasteiger partial charge in [-0.1, -0.05) is 30.1 Å². The van der Waals surface area contributed by atoms with Crippen molar-refractivity contribution in [3.63, 3.8) is 0 Å². The molecule has 5 heteroatoms. The Kier molecular flexibility index (Phi) is 4.62. The van der Waals surface area contributed by atoms with Crippen LogP contribution in [0, 0.1) is 5.92 Å². The monoisotopic (exact) mass is 302 g/mol. The molecular weight excluding hydrogens is 283 g/mol. The Morgan fingerprint density at radius 2 is 2.00 bits per heavy atom. The van der Waals surface area contributed by atoms with E-state index in [0.717, 1.165) is 18.7 Å². The second-order valence-corrected chi connectivity index (χ2v) is 6.44. The van der Waals surface area contributed by atoms with E-state index in [2.05, 4.69) is 30.8 Å². The fourth-order valence-corrected chi connectivity index (χ4v) is 3.37. The zero-order valence-corrected chi connectivity index (χ0v) is 13.0. The van der Waals surface area contributed by atoms with Crippen LogP contribution in [0.2, 0.25) is 10.0 Å². The second kappa shape index (κ2) is 5.88. The second-order valence-electron chi connectivity index (χ2n) is 5.60. The zero-order valence-electron chi connectivity index (χ0n) is 11.5. The van der Waals surface area contributed by atoms with Crippen molar-refractivity contribution in [2.75, 3.05) is 27.2 Å². The molecule has 0 spiro atoms. The summed E-state index contributed by atoms with van der Waals surface area (Å²) in [4.78, 5) is 4.59. The lowest BCUT2D eigenvalue weighted by Crippen LogP contribution is -2.34. The molecule has 1 fully saturated rings. The normalized spacial score (nSPS) is 24.3. The van der Waals surface area contributed by atoms with Gasteiger partial charge < -0.3 is 10.0 Å². The topological polar surface area (TPSA) is 26.7 Å². The van der Waals surface area contributed by atoms with Crippen LogP contribution in [0.3, 0.4) is 0 Å². The van der Waals surface area contributed by atoms with Crippen molar-refractivity contribution < 1.29 is 5.11 Å². The average molecular weight is 303 g/mol. The van der Waals surface area contributed by atoms with Gasteiger partial charge in [-0.2, -0.15) is 0 Å². The molecule has 106 valence electrons. The molecule has 0 amide bonds. The van der Waals surface area contributed by atoms with Crippen molar-refractivity contribution in [2.24, 2.45) is 5.92 Å². The molecule has 0 saturated carbocycles. The highest BCUT2D eigenvalue weighted by Gasteiger charge is 2.31. The first kappa shape index (κ1) is 14.9. The molecule has 19 heavy (non-hydrogen) atoms. The minimum absolute atomic E-state index is 0.145. The Labute approximate surface area is 124 Å². The van der Waals surface area contributed by atoms with Gasteiger partial charge >= 0.3 is 0 Å². The molecule has 3 nitrogen and oxygen atoms in total. The van der Waals surface area contributed by atoms with Gasteiger partial charge in [0.1, 0.15) is 5.75 Å². The lowest BCUT2D eigenvalue weighted by atomic mass is 10.1. The summed E-state index contributed by atoms with van der Waals surface area (Å²) >= 11 is 11.9. The summed E-state index contributed by atoms with van der Waals surface area (Å²) in [6.07, 6.45) is 0. The number of aromatic hydroxyl groups is 1. The van der Waals surface area contributed by atoms with Crippen molar-refractivity contribution in [3.8, 4) is 5.75 Å². The van der Waals surface area contributed by atoms with Crippen LogP contribution in [0.1, 0.15) is 12.5 Å². The zero-order chi connectivity index (χ0) is 14.2. The molecule has 1 N–H and O–H groups in total. The number of likely N-dealkylation sites (N-methyl/N-ethyl adjacent to an activating group) is 1. The predicted molar refractivity (Wildman–Crippen MR) is 80.0 cm³/mol. The average Bonchev–Trinajstić information content (AvgIpc) is 2.66. The lowest BCUT2D eigenvalue weighted by Gasteiger charge is -2.22. The smallest absolute Gasteiger partial charge is 0.138 e. The Hall–Kier alpha value is -0.480. The van der Waals surface area contributed by atoms with Crippen LogP contribution in [-0.2, 0) is 6.54 Å². The minimum atomic E-state index is 0.145. The van der Waals surface area contributed by atoms with Gasteiger partial charge in [0, 0.05) is 36.3 Å². The van der Waals surface area contributed by atoms with E-state index in [4.69, 9.17) is 23.2 Å². The number of rotatable bonds is 3. The molecule has 1 saturated heterocycles. The van der Waals surface area contributed by atoms with Crippen molar-refractivity contribution in [1.29, 1.82) is 0 Å². The van der Waals surface area contributed by atoms with Crippen molar-refractivity contribution in [3.05, 3.63) is 27.7 Å². The summed E-state index contributed by atoms with van der Waals surface area (Å²) < 4.78 is 0. The number of likely N-dealkylation sites (tertiary alicyclic amines) is 1. The van der Waals surface area contributed by atoms with Crippen molar-refractivity contribution in [1.82, 2.24) is 9.80 Å². The molecule has 1 aliphatic rings. The van der Waals surface area contributed by atoms with Gasteiger partial charge in [-0.15, -0.1) is 0 Å². The van der Waals surface area contributed by atoms with E-state index in [9.17, 15) is 5.11 Å². The molecule has 0 aliphatic carbocycles.